The lowest BCUT2D eigenvalue weighted by atomic mass is 10.1. The average molecular weight is 491 g/mol. The van der Waals surface area contributed by atoms with Crippen molar-refractivity contribution in [2.75, 3.05) is 25.9 Å². The molecule has 194 valence electrons. The van der Waals surface area contributed by atoms with Gasteiger partial charge >= 0.3 is 6.09 Å². The van der Waals surface area contributed by atoms with Gasteiger partial charge in [0.05, 0.1) is 0 Å². The van der Waals surface area contributed by atoms with Crippen LogP contribution in [0, 0.1) is 0 Å². The third-order valence-electron chi connectivity index (χ3n) is 5.75. The molecule has 0 aromatic heterocycles. The molecular weight excluding hydrogens is 452 g/mol. The molecule has 1 aliphatic rings. The maximum absolute atomic E-state index is 13.2. The molecule has 1 saturated heterocycles. The summed E-state index contributed by atoms with van der Waals surface area (Å²) in [7, 11) is 1.44. The van der Waals surface area contributed by atoms with Gasteiger partial charge in [0.15, 0.2) is 0 Å². The molecule has 0 bridgehead atoms. The number of carbonyl (C=O) groups excluding carboxylic acids is 4. The number of likely N-dealkylation sites (tertiary alicyclic amines) is 1. The predicted molar refractivity (Wildman–Crippen MR) is 132 cm³/mol. The normalized spacial score (nSPS) is 17.3. The second-order valence-corrected chi connectivity index (χ2v) is 9.72. The molecule has 0 unspecified atom stereocenters. The third kappa shape index (κ3) is 7.84. The first-order chi connectivity index (χ1) is 16.3. The molecule has 0 aliphatic carbocycles. The zero-order valence-corrected chi connectivity index (χ0v) is 21.2. The number of rotatable bonds is 8. The van der Waals surface area contributed by atoms with Crippen LogP contribution in [0.2, 0.25) is 0 Å². The molecule has 0 saturated carbocycles. The number of hydrogen-bond donors (Lipinski definition) is 4. The second-order valence-electron chi connectivity index (χ2n) is 9.72. The highest BCUT2D eigenvalue weighted by Crippen LogP contribution is 2.19. The summed E-state index contributed by atoms with van der Waals surface area (Å²) >= 11 is 0. The van der Waals surface area contributed by atoms with Crippen molar-refractivity contribution in [2.24, 2.45) is 5.73 Å². The second kappa shape index (κ2) is 11.9. The zero-order chi connectivity index (χ0) is 26.3. The van der Waals surface area contributed by atoms with E-state index < -0.39 is 41.6 Å². The zero-order valence-electron chi connectivity index (χ0n) is 21.2. The molecule has 3 atom stereocenters. The molecule has 6 N–H and O–H groups in total. The van der Waals surface area contributed by atoms with Crippen LogP contribution in [0.4, 0.5) is 10.5 Å². The minimum absolute atomic E-state index is 0.151. The summed E-state index contributed by atoms with van der Waals surface area (Å²) in [6, 6.07) is 4.60. The highest BCUT2D eigenvalue weighted by Gasteiger charge is 2.38. The Balaban J connectivity index is 1.99. The van der Waals surface area contributed by atoms with Gasteiger partial charge in [0.25, 0.3) is 0 Å². The van der Waals surface area contributed by atoms with Gasteiger partial charge in [-0.1, -0.05) is 12.1 Å². The molecule has 1 aromatic carbocycles. The summed E-state index contributed by atoms with van der Waals surface area (Å²) in [6.45, 7) is 7.23. The Bertz CT molecular complexity index is 931. The van der Waals surface area contributed by atoms with E-state index in [0.717, 1.165) is 10.5 Å². The summed E-state index contributed by atoms with van der Waals surface area (Å²) in [4.78, 5) is 53.7. The van der Waals surface area contributed by atoms with Crippen molar-refractivity contribution >= 4 is 29.5 Å². The number of ether oxygens (including phenoxy) is 1. The number of carbonyl (C=O) groups is 4. The van der Waals surface area contributed by atoms with Crippen LogP contribution >= 0.6 is 0 Å². The molecule has 35 heavy (non-hydrogen) atoms. The Morgan fingerprint density at radius 2 is 1.94 bits per heavy atom. The predicted octanol–water partition coefficient (Wildman–Crippen LogP) is 0.575. The van der Waals surface area contributed by atoms with Gasteiger partial charge < -0.3 is 31.7 Å². The van der Waals surface area contributed by atoms with Crippen LogP contribution in [0.3, 0.4) is 0 Å². The lowest BCUT2D eigenvalue weighted by Gasteiger charge is -2.31. The summed E-state index contributed by atoms with van der Waals surface area (Å²) in [5, 5.41) is 5.46. The van der Waals surface area contributed by atoms with Crippen molar-refractivity contribution in [1.82, 2.24) is 20.4 Å². The maximum Gasteiger partial charge on any atom is 0.410 e. The largest absolute Gasteiger partial charge is 0.444 e. The standard InChI is InChI=1S/C24H38N6O5/c1-15(29(5)23(34)35-24(2,3)4)20(31)28-18(13-25)22(33)30-11-7-10-19(30)21(32)27-14-16-8-6-9-17(26)12-16/h6,8-9,12,15,18-19H,7,10-11,13-14,25-26H2,1-5H3,(H,27,32)(H,28,31)/t15-,18-,19-/m0/s1. The van der Waals surface area contributed by atoms with E-state index >= 15 is 0 Å². The quantitative estimate of drug-likeness (QED) is 0.388. The Kier molecular flexibility index (Phi) is 9.47. The number of benzene rings is 1. The minimum Gasteiger partial charge on any atom is -0.444 e. The molecule has 1 aromatic rings. The number of likely N-dealkylation sites (N-methyl/N-ethyl adjacent to an activating group) is 1. The number of nitrogen functional groups attached to an aromatic ring is 1. The maximum atomic E-state index is 13.2. The van der Waals surface area contributed by atoms with E-state index in [1.807, 2.05) is 6.07 Å². The first-order valence-electron chi connectivity index (χ1n) is 11.7. The van der Waals surface area contributed by atoms with Crippen molar-refractivity contribution in [2.45, 2.75) is 70.8 Å². The summed E-state index contributed by atoms with van der Waals surface area (Å²) in [5.41, 5.74) is 12.3. The van der Waals surface area contributed by atoms with E-state index in [1.54, 1.807) is 39.0 Å². The van der Waals surface area contributed by atoms with Crippen molar-refractivity contribution in [3.63, 3.8) is 0 Å². The third-order valence-corrected chi connectivity index (χ3v) is 5.75. The van der Waals surface area contributed by atoms with Gasteiger partial charge in [-0.15, -0.1) is 0 Å². The van der Waals surface area contributed by atoms with Crippen LogP contribution in [0.1, 0.15) is 46.1 Å². The van der Waals surface area contributed by atoms with Crippen LogP contribution in [0.5, 0.6) is 0 Å². The van der Waals surface area contributed by atoms with Gasteiger partial charge in [0.1, 0.15) is 23.7 Å². The summed E-state index contributed by atoms with van der Waals surface area (Å²) in [6.07, 6.45) is 0.509. The van der Waals surface area contributed by atoms with Crippen LogP contribution in [-0.2, 0) is 25.7 Å². The topological polar surface area (TPSA) is 160 Å². The molecule has 4 amide bonds. The van der Waals surface area contributed by atoms with Gasteiger partial charge in [0.2, 0.25) is 17.7 Å². The monoisotopic (exact) mass is 490 g/mol. The van der Waals surface area contributed by atoms with Crippen LogP contribution in [-0.4, -0.2) is 77.5 Å². The van der Waals surface area contributed by atoms with Crippen molar-refractivity contribution in [1.29, 1.82) is 0 Å². The molecule has 11 nitrogen and oxygen atoms in total. The molecule has 0 spiro atoms. The first kappa shape index (κ1) is 27.9. The Hall–Kier alpha value is -3.34. The minimum atomic E-state index is -1.03. The van der Waals surface area contributed by atoms with E-state index in [-0.39, 0.29) is 19.0 Å². The van der Waals surface area contributed by atoms with E-state index in [1.165, 1.54) is 18.9 Å². The molecule has 1 fully saturated rings. The lowest BCUT2D eigenvalue weighted by Crippen LogP contribution is -2.58. The van der Waals surface area contributed by atoms with E-state index in [9.17, 15) is 19.2 Å². The van der Waals surface area contributed by atoms with Gasteiger partial charge in [-0.2, -0.15) is 0 Å². The summed E-state index contributed by atoms with van der Waals surface area (Å²) in [5.74, 6) is -1.27. The Labute approximate surface area is 206 Å². The number of amides is 4. The van der Waals surface area contributed by atoms with Crippen LogP contribution in [0.25, 0.3) is 0 Å². The fraction of sp³-hybridized carbons (Fsp3) is 0.583. The van der Waals surface area contributed by atoms with Gasteiger partial charge in [-0.25, -0.2) is 4.79 Å². The fourth-order valence-corrected chi connectivity index (χ4v) is 3.70. The van der Waals surface area contributed by atoms with Crippen molar-refractivity contribution in [3.05, 3.63) is 29.8 Å². The SMILES string of the molecule is C[C@@H](C(=O)N[C@@H](CN)C(=O)N1CCC[C@H]1C(=O)NCc1cccc(N)c1)N(C)C(=O)OC(C)(C)C. The molecule has 1 heterocycles. The first-order valence-corrected chi connectivity index (χ1v) is 11.7. The molecular formula is C24H38N6O5. The number of anilines is 1. The Morgan fingerprint density at radius 3 is 2.54 bits per heavy atom. The molecule has 1 aliphatic heterocycles. The smallest absolute Gasteiger partial charge is 0.410 e. The van der Waals surface area contributed by atoms with Gasteiger partial charge in [-0.05, 0) is 58.2 Å². The number of nitrogens with zero attached hydrogens (tertiary/aromatic N) is 2. The molecule has 0 radical (unpaired) electrons. The van der Waals surface area contributed by atoms with Crippen LogP contribution < -0.4 is 22.1 Å². The van der Waals surface area contributed by atoms with E-state index in [0.29, 0.717) is 25.1 Å². The Morgan fingerprint density at radius 1 is 1.26 bits per heavy atom. The van der Waals surface area contributed by atoms with Gasteiger partial charge in [0, 0.05) is 32.4 Å². The molecule has 2 rings (SSSR count). The van der Waals surface area contributed by atoms with Gasteiger partial charge in [-0.3, -0.25) is 19.3 Å². The van der Waals surface area contributed by atoms with E-state index in [4.69, 9.17) is 16.2 Å². The number of hydrogen-bond acceptors (Lipinski definition) is 7. The fourth-order valence-electron chi connectivity index (χ4n) is 3.70. The summed E-state index contributed by atoms with van der Waals surface area (Å²) < 4.78 is 5.29. The number of nitrogens with one attached hydrogen (secondary N) is 2. The highest BCUT2D eigenvalue weighted by molar-refractivity contribution is 5.94. The highest BCUT2D eigenvalue weighted by atomic mass is 16.6. The van der Waals surface area contributed by atoms with Crippen molar-refractivity contribution in [3.8, 4) is 0 Å². The lowest BCUT2D eigenvalue weighted by molar-refractivity contribution is -0.141. The average Bonchev–Trinajstić information content (AvgIpc) is 3.28. The van der Waals surface area contributed by atoms with Crippen molar-refractivity contribution < 1.29 is 23.9 Å². The van der Waals surface area contributed by atoms with E-state index in [2.05, 4.69) is 10.6 Å². The molecule has 11 heteroatoms. The number of nitrogens with two attached hydrogens (primary N) is 2. The van der Waals surface area contributed by atoms with Crippen LogP contribution in [0.15, 0.2) is 24.3 Å².